The monoisotopic (exact) mass is 316 g/mol. The highest BCUT2D eigenvalue weighted by atomic mass is 32.2. The Morgan fingerprint density at radius 2 is 2.10 bits per heavy atom. The Bertz CT molecular complexity index is 461. The summed E-state index contributed by atoms with van der Waals surface area (Å²) in [6.07, 6.45) is 0. The number of benzene rings is 1. The molecule has 1 aromatic carbocycles. The van der Waals surface area contributed by atoms with Gasteiger partial charge >= 0.3 is 6.61 Å². The number of para-hydroxylation sites is 1. The third kappa shape index (κ3) is 3.87. The van der Waals surface area contributed by atoms with Gasteiger partial charge in [0.15, 0.2) is 0 Å². The molecular formula is C15H22F2N2OS. The van der Waals surface area contributed by atoms with Crippen molar-refractivity contribution in [3.8, 4) is 5.75 Å². The summed E-state index contributed by atoms with van der Waals surface area (Å²) in [5.41, 5.74) is 6.69. The largest absolute Gasteiger partial charge is 0.434 e. The van der Waals surface area contributed by atoms with Gasteiger partial charge in [-0.1, -0.05) is 25.1 Å². The fraction of sp³-hybridized carbons (Fsp3) is 0.600. The summed E-state index contributed by atoms with van der Waals surface area (Å²) >= 11 is 1.93. The van der Waals surface area contributed by atoms with Crippen LogP contribution in [-0.4, -0.2) is 41.6 Å². The van der Waals surface area contributed by atoms with Crippen molar-refractivity contribution < 1.29 is 13.5 Å². The molecule has 118 valence electrons. The number of halogens is 2. The van der Waals surface area contributed by atoms with Crippen molar-refractivity contribution in [1.82, 2.24) is 4.90 Å². The minimum Gasteiger partial charge on any atom is -0.434 e. The van der Waals surface area contributed by atoms with Crippen molar-refractivity contribution in [3.63, 3.8) is 0 Å². The Kier molecular flexibility index (Phi) is 5.84. The van der Waals surface area contributed by atoms with Crippen molar-refractivity contribution in [1.29, 1.82) is 0 Å². The normalized spacial score (nSPS) is 25.0. The van der Waals surface area contributed by atoms with Gasteiger partial charge in [-0.15, -0.1) is 0 Å². The van der Waals surface area contributed by atoms with Crippen molar-refractivity contribution in [2.75, 3.05) is 18.8 Å². The van der Waals surface area contributed by atoms with E-state index in [9.17, 15) is 8.78 Å². The molecule has 1 fully saturated rings. The van der Waals surface area contributed by atoms with Gasteiger partial charge < -0.3 is 10.5 Å². The molecule has 3 nitrogen and oxygen atoms in total. The third-order valence-corrected chi connectivity index (χ3v) is 5.39. The van der Waals surface area contributed by atoms with E-state index in [0.717, 1.165) is 17.9 Å². The van der Waals surface area contributed by atoms with Crippen LogP contribution in [0.15, 0.2) is 24.3 Å². The molecule has 2 N–H and O–H groups in total. The molecule has 0 aromatic heterocycles. The van der Waals surface area contributed by atoms with Crippen LogP contribution in [0.1, 0.15) is 25.5 Å². The molecule has 0 aliphatic carbocycles. The summed E-state index contributed by atoms with van der Waals surface area (Å²) in [5, 5.41) is 0.496. The molecule has 0 amide bonds. The van der Waals surface area contributed by atoms with E-state index in [1.165, 1.54) is 0 Å². The van der Waals surface area contributed by atoms with Gasteiger partial charge in [0.25, 0.3) is 0 Å². The molecule has 1 heterocycles. The van der Waals surface area contributed by atoms with Gasteiger partial charge in [0.05, 0.1) is 6.04 Å². The van der Waals surface area contributed by atoms with Crippen LogP contribution in [0.4, 0.5) is 8.78 Å². The molecular weight excluding hydrogens is 294 g/mol. The first-order valence-corrected chi connectivity index (χ1v) is 8.20. The summed E-state index contributed by atoms with van der Waals surface area (Å²) in [6.45, 7) is 2.82. The Balaban J connectivity index is 2.28. The maximum atomic E-state index is 12.6. The number of thioether (sulfide) groups is 1. The van der Waals surface area contributed by atoms with Gasteiger partial charge in [0, 0.05) is 35.7 Å². The first-order valence-electron chi connectivity index (χ1n) is 7.15. The average molecular weight is 316 g/mol. The molecule has 3 atom stereocenters. The van der Waals surface area contributed by atoms with Crippen molar-refractivity contribution in [2.24, 2.45) is 5.73 Å². The summed E-state index contributed by atoms with van der Waals surface area (Å²) in [7, 11) is 0. The van der Waals surface area contributed by atoms with Crippen LogP contribution in [0.3, 0.4) is 0 Å². The van der Waals surface area contributed by atoms with Crippen molar-refractivity contribution in [3.05, 3.63) is 29.8 Å². The fourth-order valence-corrected chi connectivity index (χ4v) is 3.92. The molecule has 21 heavy (non-hydrogen) atoms. The molecule has 1 aliphatic heterocycles. The zero-order valence-corrected chi connectivity index (χ0v) is 13.2. The number of nitrogens with zero attached hydrogens (tertiary/aromatic N) is 1. The lowest BCUT2D eigenvalue weighted by atomic mass is 10.0. The minimum atomic E-state index is -2.82. The van der Waals surface area contributed by atoms with Gasteiger partial charge in [0.1, 0.15) is 5.75 Å². The topological polar surface area (TPSA) is 38.5 Å². The molecule has 1 saturated heterocycles. The highest BCUT2D eigenvalue weighted by Crippen LogP contribution is 2.35. The summed E-state index contributed by atoms with van der Waals surface area (Å²) in [6, 6.07) is 7.19. The maximum absolute atomic E-state index is 12.6. The van der Waals surface area contributed by atoms with E-state index >= 15 is 0 Å². The predicted molar refractivity (Wildman–Crippen MR) is 83.0 cm³/mol. The quantitative estimate of drug-likeness (QED) is 0.906. The second kappa shape index (κ2) is 7.42. The SMILES string of the molecule is CC1SCCN(C(CN)c2ccccc2OC(F)F)C1C. The highest BCUT2D eigenvalue weighted by molar-refractivity contribution is 8.00. The van der Waals surface area contributed by atoms with E-state index < -0.39 is 6.61 Å². The molecule has 0 bridgehead atoms. The van der Waals surface area contributed by atoms with Crippen LogP contribution in [0.2, 0.25) is 0 Å². The molecule has 0 spiro atoms. The second-order valence-corrected chi connectivity index (χ2v) is 6.71. The van der Waals surface area contributed by atoms with E-state index in [1.54, 1.807) is 12.1 Å². The number of ether oxygens (including phenoxy) is 1. The Morgan fingerprint density at radius 1 is 1.38 bits per heavy atom. The van der Waals surface area contributed by atoms with E-state index in [4.69, 9.17) is 5.73 Å². The molecule has 2 rings (SSSR count). The predicted octanol–water partition coefficient (Wildman–Crippen LogP) is 3.11. The van der Waals surface area contributed by atoms with Gasteiger partial charge in [-0.3, -0.25) is 4.90 Å². The number of nitrogens with two attached hydrogens (primary N) is 1. The first kappa shape index (κ1) is 16.5. The van der Waals surface area contributed by atoms with Gasteiger partial charge in [-0.05, 0) is 13.0 Å². The van der Waals surface area contributed by atoms with Crippen LogP contribution in [0.5, 0.6) is 5.75 Å². The van der Waals surface area contributed by atoms with Crippen molar-refractivity contribution >= 4 is 11.8 Å². The standard InChI is InChI=1S/C15H22F2N2OS/c1-10-11(2)21-8-7-19(10)13(9-18)12-5-3-4-6-14(12)20-15(16)17/h3-6,10-11,13,15H,7-9,18H2,1-2H3. The summed E-state index contributed by atoms with van der Waals surface area (Å²) in [5.74, 6) is 1.25. The summed E-state index contributed by atoms with van der Waals surface area (Å²) in [4.78, 5) is 2.30. The van der Waals surface area contributed by atoms with E-state index in [2.05, 4.69) is 23.5 Å². The molecule has 1 aromatic rings. The zero-order valence-electron chi connectivity index (χ0n) is 12.3. The second-order valence-electron chi connectivity index (χ2n) is 5.22. The smallest absolute Gasteiger partial charge is 0.387 e. The minimum absolute atomic E-state index is 0.0988. The molecule has 0 saturated carbocycles. The zero-order chi connectivity index (χ0) is 15.4. The van der Waals surface area contributed by atoms with E-state index in [-0.39, 0.29) is 11.8 Å². The Morgan fingerprint density at radius 3 is 2.76 bits per heavy atom. The van der Waals surface area contributed by atoms with E-state index in [0.29, 0.717) is 17.8 Å². The van der Waals surface area contributed by atoms with Crippen LogP contribution in [0, 0.1) is 0 Å². The maximum Gasteiger partial charge on any atom is 0.387 e. The molecule has 1 aliphatic rings. The number of hydrogen-bond donors (Lipinski definition) is 1. The first-order chi connectivity index (χ1) is 10.0. The lowest BCUT2D eigenvalue weighted by Gasteiger charge is -2.42. The molecule has 3 unspecified atom stereocenters. The number of rotatable bonds is 5. The number of alkyl halides is 2. The van der Waals surface area contributed by atoms with Gasteiger partial charge in [-0.25, -0.2) is 0 Å². The van der Waals surface area contributed by atoms with E-state index in [1.807, 2.05) is 23.9 Å². The van der Waals surface area contributed by atoms with Crippen molar-refractivity contribution in [2.45, 2.75) is 37.8 Å². The van der Waals surface area contributed by atoms with Crippen LogP contribution >= 0.6 is 11.8 Å². The lowest BCUT2D eigenvalue weighted by Crippen LogP contribution is -2.48. The van der Waals surface area contributed by atoms with Crippen LogP contribution in [-0.2, 0) is 0 Å². The van der Waals surface area contributed by atoms with Crippen LogP contribution < -0.4 is 10.5 Å². The van der Waals surface area contributed by atoms with Crippen LogP contribution in [0.25, 0.3) is 0 Å². The van der Waals surface area contributed by atoms with Gasteiger partial charge in [-0.2, -0.15) is 20.5 Å². The number of hydrogen-bond acceptors (Lipinski definition) is 4. The Labute approximate surface area is 128 Å². The molecule has 6 heteroatoms. The van der Waals surface area contributed by atoms with Gasteiger partial charge in [0.2, 0.25) is 0 Å². The molecule has 0 radical (unpaired) electrons. The average Bonchev–Trinajstić information content (AvgIpc) is 2.45. The lowest BCUT2D eigenvalue weighted by molar-refractivity contribution is -0.0513. The Hall–Kier alpha value is -0.850. The fourth-order valence-electron chi connectivity index (χ4n) is 2.80. The third-order valence-electron chi connectivity index (χ3n) is 4.05. The highest BCUT2D eigenvalue weighted by Gasteiger charge is 2.32. The summed E-state index contributed by atoms with van der Waals surface area (Å²) < 4.78 is 29.8.